The third kappa shape index (κ3) is 4.01. The Morgan fingerprint density at radius 1 is 1.26 bits per heavy atom. The van der Waals surface area contributed by atoms with Crippen LogP contribution in [0.4, 0.5) is 5.69 Å². The second-order valence-electron chi connectivity index (χ2n) is 6.35. The van der Waals surface area contributed by atoms with E-state index in [2.05, 4.69) is 5.32 Å². The second-order valence-corrected chi connectivity index (χ2v) is 6.79. The van der Waals surface area contributed by atoms with Crippen molar-refractivity contribution in [3.05, 3.63) is 52.5 Å². The van der Waals surface area contributed by atoms with Crippen molar-refractivity contribution in [3.8, 4) is 11.5 Å². The Labute approximate surface area is 163 Å². The van der Waals surface area contributed by atoms with Gasteiger partial charge in [0, 0.05) is 12.1 Å². The molecule has 27 heavy (non-hydrogen) atoms. The van der Waals surface area contributed by atoms with Gasteiger partial charge in [-0.3, -0.25) is 9.59 Å². The van der Waals surface area contributed by atoms with Crippen LogP contribution in [0, 0.1) is 13.8 Å². The number of benzene rings is 2. The molecule has 1 aliphatic heterocycles. The minimum absolute atomic E-state index is 0.122. The highest BCUT2D eigenvalue weighted by atomic mass is 35.5. The summed E-state index contributed by atoms with van der Waals surface area (Å²) in [6, 6.07) is 10.7. The third-order valence-electron chi connectivity index (χ3n) is 4.38. The summed E-state index contributed by atoms with van der Waals surface area (Å²) >= 11 is 6.04. The number of carbonyl (C=O) groups is 2. The molecule has 1 N–H and O–H groups in total. The normalized spacial score (nSPS) is 15.6. The topological polar surface area (TPSA) is 67.9 Å². The zero-order valence-corrected chi connectivity index (χ0v) is 16.2. The number of aryl methyl sites for hydroxylation is 2. The van der Waals surface area contributed by atoms with Crippen molar-refractivity contribution in [1.82, 2.24) is 5.32 Å². The quantitative estimate of drug-likeness (QED) is 0.874. The molecule has 2 aromatic rings. The van der Waals surface area contributed by atoms with Gasteiger partial charge in [0.25, 0.3) is 11.8 Å². The number of fused-ring (bicyclic) bond motifs is 1. The zero-order valence-electron chi connectivity index (χ0n) is 15.4. The summed E-state index contributed by atoms with van der Waals surface area (Å²) < 4.78 is 11.5. The van der Waals surface area contributed by atoms with Crippen LogP contribution in [0.1, 0.15) is 11.1 Å². The van der Waals surface area contributed by atoms with E-state index in [1.807, 2.05) is 19.9 Å². The van der Waals surface area contributed by atoms with Gasteiger partial charge in [-0.25, -0.2) is 0 Å². The average molecular weight is 389 g/mol. The minimum Gasteiger partial charge on any atom is -0.483 e. The maximum absolute atomic E-state index is 12.9. The van der Waals surface area contributed by atoms with Gasteiger partial charge < -0.3 is 19.7 Å². The van der Waals surface area contributed by atoms with Crippen molar-refractivity contribution >= 4 is 29.1 Å². The summed E-state index contributed by atoms with van der Waals surface area (Å²) in [5, 5.41) is 3.18. The number of amides is 2. The summed E-state index contributed by atoms with van der Waals surface area (Å²) in [4.78, 5) is 26.4. The van der Waals surface area contributed by atoms with Crippen molar-refractivity contribution < 1.29 is 19.1 Å². The van der Waals surface area contributed by atoms with Gasteiger partial charge in [0.2, 0.25) is 0 Å². The highest BCUT2D eigenvalue weighted by molar-refractivity contribution is 6.30. The second kappa shape index (κ2) is 7.88. The monoisotopic (exact) mass is 388 g/mol. The number of nitrogens with zero attached hydrogens (tertiary/aromatic N) is 1. The largest absolute Gasteiger partial charge is 0.483 e. The van der Waals surface area contributed by atoms with Gasteiger partial charge in [-0.15, -0.1) is 0 Å². The zero-order chi connectivity index (χ0) is 19.6. The first-order valence-corrected chi connectivity index (χ1v) is 8.95. The van der Waals surface area contributed by atoms with Gasteiger partial charge in [0.1, 0.15) is 11.5 Å². The first-order chi connectivity index (χ1) is 12.9. The van der Waals surface area contributed by atoms with Crippen molar-refractivity contribution in [1.29, 1.82) is 0 Å². The van der Waals surface area contributed by atoms with Crippen molar-refractivity contribution in [2.75, 3.05) is 25.1 Å². The average Bonchev–Trinajstić information content (AvgIpc) is 2.65. The molecule has 0 saturated carbocycles. The summed E-state index contributed by atoms with van der Waals surface area (Å²) in [6.07, 6.45) is -0.771. The highest BCUT2D eigenvalue weighted by Gasteiger charge is 2.33. The number of anilines is 1. The van der Waals surface area contributed by atoms with Crippen LogP contribution < -0.4 is 19.7 Å². The van der Waals surface area contributed by atoms with E-state index in [-0.39, 0.29) is 25.0 Å². The fourth-order valence-corrected chi connectivity index (χ4v) is 3.43. The SMILES string of the molecule is CNC(=O)[C@@H]1CN(C(=O)COc2c(C)cc(Cl)cc2C)c2ccccc2O1. The van der Waals surface area contributed by atoms with Crippen LogP contribution in [0.15, 0.2) is 36.4 Å². The molecule has 0 spiro atoms. The van der Waals surface area contributed by atoms with Gasteiger partial charge in [0.15, 0.2) is 12.7 Å². The lowest BCUT2D eigenvalue weighted by Crippen LogP contribution is -2.51. The molecule has 0 aliphatic carbocycles. The predicted octanol–water partition coefficient (Wildman–Crippen LogP) is 2.88. The molecule has 6 nitrogen and oxygen atoms in total. The number of likely N-dealkylation sites (N-methyl/N-ethyl adjacent to an activating group) is 1. The van der Waals surface area contributed by atoms with E-state index in [4.69, 9.17) is 21.1 Å². The van der Waals surface area contributed by atoms with Gasteiger partial charge in [-0.1, -0.05) is 23.7 Å². The Balaban J connectivity index is 1.80. The van der Waals surface area contributed by atoms with Crippen LogP contribution >= 0.6 is 11.6 Å². The molecule has 0 saturated heterocycles. The smallest absolute Gasteiger partial charge is 0.265 e. The fraction of sp³-hybridized carbons (Fsp3) is 0.300. The van der Waals surface area contributed by atoms with Gasteiger partial charge in [0.05, 0.1) is 12.2 Å². The fourth-order valence-electron chi connectivity index (χ4n) is 3.11. The van der Waals surface area contributed by atoms with E-state index in [9.17, 15) is 9.59 Å². The number of hydrogen-bond donors (Lipinski definition) is 1. The van der Waals surface area contributed by atoms with E-state index in [1.54, 1.807) is 30.3 Å². The number of carbonyl (C=O) groups excluding carboxylic acids is 2. The molecular weight excluding hydrogens is 368 g/mol. The number of rotatable bonds is 4. The van der Waals surface area contributed by atoms with E-state index in [0.717, 1.165) is 11.1 Å². The summed E-state index contributed by atoms with van der Waals surface area (Å²) in [6.45, 7) is 3.73. The molecule has 3 rings (SSSR count). The van der Waals surface area contributed by atoms with Gasteiger partial charge in [-0.2, -0.15) is 0 Å². The minimum atomic E-state index is -0.771. The Hall–Kier alpha value is -2.73. The van der Waals surface area contributed by atoms with E-state index < -0.39 is 6.10 Å². The van der Waals surface area contributed by atoms with Crippen molar-refractivity contribution in [2.24, 2.45) is 0 Å². The van der Waals surface area contributed by atoms with E-state index in [1.165, 1.54) is 11.9 Å². The molecule has 2 amide bonds. The number of hydrogen-bond acceptors (Lipinski definition) is 4. The molecule has 1 atom stereocenters. The molecule has 7 heteroatoms. The molecule has 0 bridgehead atoms. The van der Waals surface area contributed by atoms with Crippen LogP contribution in [-0.2, 0) is 9.59 Å². The van der Waals surface area contributed by atoms with Crippen LogP contribution in [-0.4, -0.2) is 38.1 Å². The van der Waals surface area contributed by atoms with Crippen LogP contribution in [0.5, 0.6) is 11.5 Å². The summed E-state index contributed by atoms with van der Waals surface area (Å²) in [5.41, 5.74) is 2.34. The number of para-hydroxylation sites is 2. The third-order valence-corrected chi connectivity index (χ3v) is 4.60. The molecule has 0 fully saturated rings. The Kier molecular flexibility index (Phi) is 5.56. The maximum atomic E-state index is 12.9. The van der Waals surface area contributed by atoms with Gasteiger partial charge >= 0.3 is 0 Å². The summed E-state index contributed by atoms with van der Waals surface area (Å²) in [5.74, 6) is 0.586. The lowest BCUT2D eigenvalue weighted by Gasteiger charge is -2.34. The lowest BCUT2D eigenvalue weighted by atomic mass is 10.1. The van der Waals surface area contributed by atoms with Gasteiger partial charge in [-0.05, 0) is 49.2 Å². The highest BCUT2D eigenvalue weighted by Crippen LogP contribution is 2.33. The Morgan fingerprint density at radius 3 is 2.59 bits per heavy atom. The van der Waals surface area contributed by atoms with E-state index in [0.29, 0.717) is 22.2 Å². The van der Waals surface area contributed by atoms with Crippen LogP contribution in [0.2, 0.25) is 5.02 Å². The molecule has 0 unspecified atom stereocenters. The van der Waals surface area contributed by atoms with Crippen LogP contribution in [0.25, 0.3) is 0 Å². The lowest BCUT2D eigenvalue weighted by molar-refractivity contribution is -0.128. The number of ether oxygens (including phenoxy) is 2. The molecule has 0 aromatic heterocycles. The number of halogens is 1. The van der Waals surface area contributed by atoms with Crippen LogP contribution in [0.3, 0.4) is 0 Å². The predicted molar refractivity (Wildman–Crippen MR) is 104 cm³/mol. The Morgan fingerprint density at radius 2 is 1.93 bits per heavy atom. The first kappa shape index (κ1) is 19.0. The van der Waals surface area contributed by atoms with E-state index >= 15 is 0 Å². The molecule has 1 aliphatic rings. The standard InChI is InChI=1S/C20H21ClN2O4/c1-12-8-14(21)9-13(2)19(12)26-11-18(24)23-10-17(20(25)22-3)27-16-7-5-4-6-15(16)23/h4-9,17H,10-11H2,1-3H3,(H,22,25)/t17-/m0/s1. The molecule has 2 aromatic carbocycles. The molecule has 1 heterocycles. The molecule has 0 radical (unpaired) electrons. The Bertz CT molecular complexity index is 861. The maximum Gasteiger partial charge on any atom is 0.265 e. The first-order valence-electron chi connectivity index (χ1n) is 8.58. The van der Waals surface area contributed by atoms with Crippen molar-refractivity contribution in [2.45, 2.75) is 20.0 Å². The summed E-state index contributed by atoms with van der Waals surface area (Å²) in [7, 11) is 1.54. The number of nitrogens with one attached hydrogen (secondary N) is 1. The molecular formula is C20H21ClN2O4. The molecule has 142 valence electrons. The van der Waals surface area contributed by atoms with Crippen molar-refractivity contribution in [3.63, 3.8) is 0 Å².